The number of hydrogen-bond donors (Lipinski definition) is 1. The zero-order chi connectivity index (χ0) is 14.5. The number of carbonyl (C=O) groups excluding carboxylic acids is 2. The maximum Gasteiger partial charge on any atom is 0.307 e. The molecule has 0 aromatic carbocycles. The quantitative estimate of drug-likeness (QED) is 0.764. The molecular formula is C14H26N2O3. The Morgan fingerprint density at radius 1 is 1.42 bits per heavy atom. The van der Waals surface area contributed by atoms with Crippen molar-refractivity contribution in [3.8, 4) is 0 Å². The third-order valence-corrected chi connectivity index (χ3v) is 4.27. The molecule has 1 amide bonds. The van der Waals surface area contributed by atoms with Crippen LogP contribution in [0.3, 0.4) is 0 Å². The fraction of sp³-hybridized carbons (Fsp3) is 0.857. The Labute approximate surface area is 115 Å². The number of piperidine rings is 1. The van der Waals surface area contributed by atoms with Gasteiger partial charge in [-0.3, -0.25) is 9.59 Å². The Hall–Kier alpha value is -1.10. The minimum absolute atomic E-state index is 0.0360. The first-order valence-electron chi connectivity index (χ1n) is 7.06. The number of esters is 1. The molecule has 0 radical (unpaired) electrons. The molecule has 1 fully saturated rings. The van der Waals surface area contributed by atoms with E-state index in [4.69, 9.17) is 10.5 Å². The molecule has 0 spiro atoms. The molecule has 0 saturated carbocycles. The molecule has 0 aromatic rings. The van der Waals surface area contributed by atoms with Crippen LogP contribution in [-0.2, 0) is 14.3 Å². The van der Waals surface area contributed by atoms with Crippen LogP contribution in [0.5, 0.6) is 0 Å². The summed E-state index contributed by atoms with van der Waals surface area (Å²) in [5.41, 5.74) is 5.24. The van der Waals surface area contributed by atoms with Gasteiger partial charge in [-0.1, -0.05) is 6.92 Å². The van der Waals surface area contributed by atoms with Gasteiger partial charge in [-0.2, -0.15) is 0 Å². The van der Waals surface area contributed by atoms with Gasteiger partial charge in [0.1, 0.15) is 0 Å². The number of methoxy groups -OCH3 is 1. The van der Waals surface area contributed by atoms with Gasteiger partial charge >= 0.3 is 5.97 Å². The van der Waals surface area contributed by atoms with E-state index in [2.05, 4.69) is 0 Å². The third kappa shape index (κ3) is 3.69. The molecular weight excluding hydrogens is 244 g/mol. The number of hydrogen-bond acceptors (Lipinski definition) is 4. The number of rotatable bonds is 5. The monoisotopic (exact) mass is 270 g/mol. The van der Waals surface area contributed by atoms with Crippen LogP contribution in [0.1, 0.15) is 46.0 Å². The SMILES string of the molecule is CCC(C)(CN)C(=O)N1CCCCC1CC(=O)OC. The normalized spacial score (nSPS) is 22.7. The van der Waals surface area contributed by atoms with E-state index in [9.17, 15) is 9.59 Å². The van der Waals surface area contributed by atoms with E-state index >= 15 is 0 Å². The smallest absolute Gasteiger partial charge is 0.307 e. The van der Waals surface area contributed by atoms with E-state index in [1.165, 1.54) is 7.11 Å². The number of ether oxygens (including phenoxy) is 1. The van der Waals surface area contributed by atoms with Crippen molar-refractivity contribution in [1.29, 1.82) is 0 Å². The molecule has 2 atom stereocenters. The van der Waals surface area contributed by atoms with Gasteiger partial charge in [-0.25, -0.2) is 0 Å². The second kappa shape index (κ2) is 6.89. The second-order valence-corrected chi connectivity index (χ2v) is 5.55. The van der Waals surface area contributed by atoms with E-state index < -0.39 is 5.41 Å². The van der Waals surface area contributed by atoms with Gasteiger partial charge in [-0.15, -0.1) is 0 Å². The fourth-order valence-corrected chi connectivity index (χ4v) is 2.49. The third-order valence-electron chi connectivity index (χ3n) is 4.27. The van der Waals surface area contributed by atoms with Crippen molar-refractivity contribution in [2.24, 2.45) is 11.1 Å². The summed E-state index contributed by atoms with van der Waals surface area (Å²) in [5.74, 6) is -0.179. The predicted octanol–water partition coefficient (Wildman–Crippen LogP) is 1.31. The highest BCUT2D eigenvalue weighted by Gasteiger charge is 2.38. The Kier molecular flexibility index (Phi) is 5.79. The number of nitrogens with two attached hydrogens (primary N) is 1. The van der Waals surface area contributed by atoms with Crippen LogP contribution in [0.4, 0.5) is 0 Å². The van der Waals surface area contributed by atoms with E-state index in [1.807, 2.05) is 18.7 Å². The molecule has 2 N–H and O–H groups in total. The lowest BCUT2D eigenvalue weighted by Crippen LogP contribution is -2.52. The first-order valence-corrected chi connectivity index (χ1v) is 7.06. The number of carbonyl (C=O) groups is 2. The van der Waals surface area contributed by atoms with Gasteiger partial charge in [0, 0.05) is 19.1 Å². The zero-order valence-corrected chi connectivity index (χ0v) is 12.3. The second-order valence-electron chi connectivity index (χ2n) is 5.55. The average Bonchev–Trinajstić information content (AvgIpc) is 2.46. The van der Waals surface area contributed by atoms with Gasteiger partial charge in [0.2, 0.25) is 5.91 Å². The molecule has 19 heavy (non-hydrogen) atoms. The highest BCUT2D eigenvalue weighted by Crippen LogP contribution is 2.28. The summed E-state index contributed by atoms with van der Waals surface area (Å²) in [5, 5.41) is 0. The first-order chi connectivity index (χ1) is 8.98. The van der Waals surface area contributed by atoms with Crippen molar-refractivity contribution < 1.29 is 14.3 Å². The Morgan fingerprint density at radius 2 is 2.11 bits per heavy atom. The van der Waals surface area contributed by atoms with Crippen LogP contribution >= 0.6 is 0 Å². The van der Waals surface area contributed by atoms with Crippen LogP contribution in [0.15, 0.2) is 0 Å². The highest BCUT2D eigenvalue weighted by molar-refractivity contribution is 5.83. The molecule has 1 heterocycles. The molecule has 1 aliphatic heterocycles. The van der Waals surface area contributed by atoms with E-state index in [1.54, 1.807) is 0 Å². The Balaban J connectivity index is 2.81. The van der Waals surface area contributed by atoms with Crippen LogP contribution in [-0.4, -0.2) is 43.0 Å². The largest absolute Gasteiger partial charge is 0.469 e. The van der Waals surface area contributed by atoms with Crippen molar-refractivity contribution >= 4 is 11.9 Å². The van der Waals surface area contributed by atoms with E-state index in [0.29, 0.717) is 13.0 Å². The van der Waals surface area contributed by atoms with Gasteiger partial charge in [-0.05, 0) is 32.6 Å². The average molecular weight is 270 g/mol. The minimum atomic E-state index is -0.522. The van der Waals surface area contributed by atoms with E-state index in [0.717, 1.165) is 25.8 Å². The van der Waals surface area contributed by atoms with Crippen molar-refractivity contribution in [3.05, 3.63) is 0 Å². The molecule has 0 aliphatic carbocycles. The summed E-state index contributed by atoms with van der Waals surface area (Å²) < 4.78 is 4.72. The Morgan fingerprint density at radius 3 is 2.63 bits per heavy atom. The Bertz CT molecular complexity index is 327. The summed E-state index contributed by atoms with van der Waals surface area (Å²) in [6.45, 7) is 4.93. The molecule has 0 aromatic heterocycles. The summed E-state index contributed by atoms with van der Waals surface area (Å²) in [4.78, 5) is 26.0. The molecule has 110 valence electrons. The van der Waals surface area contributed by atoms with E-state index in [-0.39, 0.29) is 24.3 Å². The van der Waals surface area contributed by atoms with Gasteiger partial charge in [0.05, 0.1) is 18.9 Å². The van der Waals surface area contributed by atoms with Crippen molar-refractivity contribution in [3.63, 3.8) is 0 Å². The van der Waals surface area contributed by atoms with Gasteiger partial charge in [0.25, 0.3) is 0 Å². The lowest BCUT2D eigenvalue weighted by Gasteiger charge is -2.40. The topological polar surface area (TPSA) is 72.6 Å². The van der Waals surface area contributed by atoms with Crippen molar-refractivity contribution in [2.75, 3.05) is 20.2 Å². The number of likely N-dealkylation sites (tertiary alicyclic amines) is 1. The first kappa shape index (κ1) is 16.0. The molecule has 0 bridgehead atoms. The molecule has 5 nitrogen and oxygen atoms in total. The molecule has 2 unspecified atom stereocenters. The maximum absolute atomic E-state index is 12.7. The summed E-state index contributed by atoms with van der Waals surface area (Å²) in [6, 6.07) is -0.0360. The summed E-state index contributed by atoms with van der Waals surface area (Å²) in [7, 11) is 1.38. The van der Waals surface area contributed by atoms with Crippen molar-refractivity contribution in [1.82, 2.24) is 4.90 Å². The van der Waals surface area contributed by atoms with Crippen molar-refractivity contribution in [2.45, 2.75) is 52.0 Å². The zero-order valence-electron chi connectivity index (χ0n) is 12.3. The standard InChI is InChI=1S/C14H26N2O3/c1-4-14(2,10-15)13(18)16-8-6-5-7-11(16)9-12(17)19-3/h11H,4-10,15H2,1-3H3. The van der Waals surface area contributed by atoms with Crippen LogP contribution in [0.25, 0.3) is 0 Å². The summed E-state index contributed by atoms with van der Waals surface area (Å²) in [6.07, 6.45) is 3.91. The predicted molar refractivity (Wildman–Crippen MR) is 73.4 cm³/mol. The molecule has 1 saturated heterocycles. The lowest BCUT2D eigenvalue weighted by molar-refractivity contribution is -0.149. The summed E-state index contributed by atoms with van der Waals surface area (Å²) >= 11 is 0. The number of nitrogens with zero attached hydrogens (tertiary/aromatic N) is 1. The van der Waals surface area contributed by atoms with Gasteiger partial charge in [0.15, 0.2) is 0 Å². The maximum atomic E-state index is 12.7. The lowest BCUT2D eigenvalue weighted by atomic mass is 9.84. The van der Waals surface area contributed by atoms with Crippen LogP contribution in [0.2, 0.25) is 0 Å². The molecule has 1 rings (SSSR count). The highest BCUT2D eigenvalue weighted by atomic mass is 16.5. The molecule has 1 aliphatic rings. The minimum Gasteiger partial charge on any atom is -0.469 e. The van der Waals surface area contributed by atoms with Gasteiger partial charge < -0.3 is 15.4 Å². The molecule has 5 heteroatoms. The van der Waals surface area contributed by atoms with Crippen LogP contribution in [0, 0.1) is 5.41 Å². The van der Waals surface area contributed by atoms with Crippen LogP contribution < -0.4 is 5.73 Å². The number of amides is 1. The fourth-order valence-electron chi connectivity index (χ4n) is 2.49.